The molecule has 0 saturated carbocycles. The number of aliphatic hydroxyl groups excluding tert-OH is 1. The summed E-state index contributed by atoms with van der Waals surface area (Å²) in [4.78, 5) is 12.5. The zero-order valence-electron chi connectivity index (χ0n) is 32.1. The fourth-order valence-corrected chi connectivity index (χ4v) is 9.10. The van der Waals surface area contributed by atoms with Gasteiger partial charge in [-0.3, -0.25) is 0 Å². The van der Waals surface area contributed by atoms with E-state index in [4.69, 9.17) is 28.4 Å². The van der Waals surface area contributed by atoms with Gasteiger partial charge >= 0.3 is 6.09 Å². The fourth-order valence-electron chi connectivity index (χ4n) is 7.42. The molecule has 0 aliphatic carbocycles. The van der Waals surface area contributed by atoms with Crippen molar-refractivity contribution in [3.05, 3.63) is 79.4 Å². The highest BCUT2D eigenvalue weighted by Gasteiger charge is 2.49. The summed E-state index contributed by atoms with van der Waals surface area (Å²) in [7, 11) is -2.19. The van der Waals surface area contributed by atoms with E-state index in [1.807, 2.05) is 12.2 Å². The first-order valence-corrected chi connectivity index (χ1v) is 20.4. The van der Waals surface area contributed by atoms with Crippen LogP contribution in [0.2, 0.25) is 0 Å². The van der Waals surface area contributed by atoms with Crippen molar-refractivity contribution in [2.45, 2.75) is 126 Å². The predicted octanol–water partition coefficient (Wildman–Crippen LogP) is 6.13. The van der Waals surface area contributed by atoms with Gasteiger partial charge in [-0.15, -0.1) is 6.58 Å². The molecule has 0 spiro atoms. The Bertz CT molecular complexity index is 1510. The molecule has 0 bridgehead atoms. The molecule has 3 saturated heterocycles. The Labute approximate surface area is 316 Å². The number of nitrogens with one attached hydrogen (secondary N) is 1. The Morgan fingerprint density at radius 3 is 2.49 bits per heavy atom. The second-order valence-electron chi connectivity index (χ2n) is 15.5. The molecule has 4 rings (SSSR count). The molecular formula is C41H61NO10S. The molecule has 7 unspecified atom stereocenters. The van der Waals surface area contributed by atoms with Gasteiger partial charge in [-0.1, -0.05) is 56.5 Å². The van der Waals surface area contributed by atoms with Crippen molar-refractivity contribution in [3.63, 3.8) is 0 Å². The van der Waals surface area contributed by atoms with Crippen molar-refractivity contribution < 1.29 is 46.7 Å². The molecule has 0 aromatic heterocycles. The molecular weight excluding hydrogens is 699 g/mol. The Morgan fingerprint density at radius 1 is 1.08 bits per heavy atom. The van der Waals surface area contributed by atoms with Gasteiger partial charge in [0.05, 0.1) is 72.7 Å². The Hall–Kier alpha value is -2.84. The number of hydrogen-bond donors (Lipinski definition) is 2. The molecule has 0 radical (unpaired) electrons. The van der Waals surface area contributed by atoms with Crippen LogP contribution >= 0.6 is 0 Å². The number of ether oxygens (including phenoxy) is 6. The van der Waals surface area contributed by atoms with E-state index < -0.39 is 51.9 Å². The lowest BCUT2D eigenvalue weighted by Crippen LogP contribution is -2.41. The van der Waals surface area contributed by atoms with Gasteiger partial charge in [-0.05, 0) is 69.2 Å². The van der Waals surface area contributed by atoms with Crippen LogP contribution in [0.1, 0.15) is 66.2 Å². The minimum atomic E-state index is -3.72. The lowest BCUT2D eigenvalue weighted by Gasteiger charge is -2.38. The second-order valence-corrected chi connectivity index (χ2v) is 17.5. The third-order valence-electron chi connectivity index (χ3n) is 10.1. The smallest absolute Gasteiger partial charge is 0.407 e. The van der Waals surface area contributed by atoms with Gasteiger partial charge in [0.1, 0.15) is 5.60 Å². The van der Waals surface area contributed by atoms with Crippen LogP contribution < -0.4 is 5.32 Å². The number of aliphatic hydroxyl groups is 1. The molecule has 1 amide bonds. The van der Waals surface area contributed by atoms with Crippen LogP contribution in [0.3, 0.4) is 0 Å². The molecule has 3 aliphatic rings. The molecule has 53 heavy (non-hydrogen) atoms. The van der Waals surface area contributed by atoms with E-state index in [-0.39, 0.29) is 53.9 Å². The average molecular weight is 760 g/mol. The molecule has 1 aromatic carbocycles. The van der Waals surface area contributed by atoms with Crippen molar-refractivity contribution in [2.75, 3.05) is 32.6 Å². The maximum Gasteiger partial charge on any atom is 0.407 e. The summed E-state index contributed by atoms with van der Waals surface area (Å²) in [5.74, 6) is -0.589. The highest BCUT2D eigenvalue weighted by atomic mass is 32.2. The first-order chi connectivity index (χ1) is 25.1. The lowest BCUT2D eigenvalue weighted by atomic mass is 9.83. The third kappa shape index (κ3) is 12.9. The number of amides is 1. The van der Waals surface area contributed by atoms with Crippen molar-refractivity contribution >= 4 is 15.9 Å². The SMILES string of the molecule is C=CCOC/C=C/C1CC(=C)[C@H](CCC2CC(C)C(=C)C(C[C@@H]3OC(CC(O)CNC(=O)OC(C)(C)C)[C@H](OC)C3CS(=O)(=O)c3ccccc3)O2)O1. The molecule has 3 fully saturated rings. The third-order valence-corrected chi connectivity index (χ3v) is 11.9. The van der Waals surface area contributed by atoms with Crippen molar-refractivity contribution in [1.29, 1.82) is 0 Å². The zero-order valence-corrected chi connectivity index (χ0v) is 32.9. The summed E-state index contributed by atoms with van der Waals surface area (Å²) in [6.07, 6.45) is 5.34. The highest BCUT2D eigenvalue weighted by molar-refractivity contribution is 7.91. The largest absolute Gasteiger partial charge is 0.444 e. The van der Waals surface area contributed by atoms with Gasteiger partial charge < -0.3 is 38.8 Å². The number of alkyl carbamates (subject to hydrolysis) is 1. The number of carbonyl (C=O) groups is 1. The van der Waals surface area contributed by atoms with E-state index in [1.165, 1.54) is 7.11 Å². The first kappa shape index (κ1) is 42.9. The summed E-state index contributed by atoms with van der Waals surface area (Å²) in [6.45, 7) is 20.7. The van der Waals surface area contributed by atoms with Crippen LogP contribution in [0, 0.1) is 11.8 Å². The van der Waals surface area contributed by atoms with Gasteiger partial charge in [0.2, 0.25) is 0 Å². The Morgan fingerprint density at radius 2 is 1.81 bits per heavy atom. The van der Waals surface area contributed by atoms with Gasteiger partial charge in [0.25, 0.3) is 0 Å². The summed E-state index contributed by atoms with van der Waals surface area (Å²) in [6, 6.07) is 8.35. The predicted molar refractivity (Wildman–Crippen MR) is 204 cm³/mol. The Balaban J connectivity index is 1.43. The Kier molecular flexibility index (Phi) is 15.9. The van der Waals surface area contributed by atoms with E-state index in [0.717, 1.165) is 36.8 Å². The monoisotopic (exact) mass is 759 g/mol. The average Bonchev–Trinajstić information content (AvgIpc) is 3.61. The van der Waals surface area contributed by atoms with Gasteiger partial charge in [0, 0.05) is 38.8 Å². The number of carbonyl (C=O) groups excluding carboxylic acids is 1. The topological polar surface area (TPSA) is 139 Å². The van der Waals surface area contributed by atoms with Crippen LogP contribution in [0.15, 0.2) is 84.3 Å². The maximum atomic E-state index is 13.7. The number of methoxy groups -OCH3 is 1. The van der Waals surface area contributed by atoms with Crippen LogP contribution in [-0.2, 0) is 38.3 Å². The van der Waals surface area contributed by atoms with E-state index in [2.05, 4.69) is 32.0 Å². The fraction of sp³-hybridized carbons (Fsp3) is 0.634. The summed E-state index contributed by atoms with van der Waals surface area (Å²) in [5.41, 5.74) is 1.33. The number of hydrogen-bond acceptors (Lipinski definition) is 10. The van der Waals surface area contributed by atoms with E-state index in [1.54, 1.807) is 57.2 Å². The first-order valence-electron chi connectivity index (χ1n) is 18.7. The molecule has 2 N–H and O–H groups in total. The standard InChI is InChI=1S/C41H61NO10S/c1-9-19-48-20-13-14-31-22-28(3)35(49-31)18-17-32-21-27(2)29(4)36(50-32)24-37-34(26-53(45,46)33-15-11-10-12-16-33)39(47-8)38(51-37)23-30(43)25-42-40(44)52-41(5,6)7/h9-16,27,30-32,34-39,43H,1,3-4,17-26H2,2,5-8H3,(H,42,44)/b14-13+/t27?,30?,31?,32?,34?,35-,36?,37-,38?,39+/m0/s1. The molecule has 10 atom stereocenters. The van der Waals surface area contributed by atoms with Crippen LogP contribution in [0.25, 0.3) is 0 Å². The minimum absolute atomic E-state index is 0.0320. The van der Waals surface area contributed by atoms with Crippen molar-refractivity contribution in [3.8, 4) is 0 Å². The summed E-state index contributed by atoms with van der Waals surface area (Å²) >= 11 is 0. The summed E-state index contributed by atoms with van der Waals surface area (Å²) < 4.78 is 63.7. The highest BCUT2D eigenvalue weighted by Crippen LogP contribution is 2.41. The number of rotatable bonds is 18. The number of sulfone groups is 1. The van der Waals surface area contributed by atoms with Crippen LogP contribution in [0.5, 0.6) is 0 Å². The molecule has 3 heterocycles. The maximum absolute atomic E-state index is 13.7. The van der Waals surface area contributed by atoms with Gasteiger partial charge in [-0.25, -0.2) is 13.2 Å². The quantitative estimate of drug-likeness (QED) is 0.133. The number of benzene rings is 1. The van der Waals surface area contributed by atoms with Crippen LogP contribution in [0.4, 0.5) is 4.79 Å². The zero-order chi connectivity index (χ0) is 38.8. The normalized spacial score (nSPS) is 30.1. The van der Waals surface area contributed by atoms with Crippen molar-refractivity contribution in [2.24, 2.45) is 11.8 Å². The van der Waals surface area contributed by atoms with E-state index in [9.17, 15) is 18.3 Å². The van der Waals surface area contributed by atoms with Crippen molar-refractivity contribution in [1.82, 2.24) is 5.32 Å². The second kappa shape index (κ2) is 19.7. The molecule has 11 nitrogen and oxygen atoms in total. The molecule has 296 valence electrons. The lowest BCUT2D eigenvalue weighted by molar-refractivity contribution is -0.0769. The van der Waals surface area contributed by atoms with E-state index in [0.29, 0.717) is 19.6 Å². The molecule has 1 aromatic rings. The molecule has 3 aliphatic heterocycles. The molecule has 12 heteroatoms. The summed E-state index contributed by atoms with van der Waals surface area (Å²) in [5, 5.41) is 13.6. The van der Waals surface area contributed by atoms with Crippen LogP contribution in [-0.4, -0.2) is 107 Å². The van der Waals surface area contributed by atoms with E-state index >= 15 is 0 Å². The minimum Gasteiger partial charge on any atom is -0.444 e. The van der Waals surface area contributed by atoms with Gasteiger partial charge in [0.15, 0.2) is 9.84 Å². The van der Waals surface area contributed by atoms with Gasteiger partial charge in [-0.2, -0.15) is 0 Å².